The fraction of sp³-hybridized carbons (Fsp3) is 0.500. The molecule has 1 aromatic carbocycles. The number of nitrogens with one attached hydrogen (secondary N) is 1. The van der Waals surface area contributed by atoms with Gasteiger partial charge in [-0.1, -0.05) is 0 Å². The Labute approximate surface area is 155 Å². The third-order valence-corrected chi connectivity index (χ3v) is 3.86. The van der Waals surface area contributed by atoms with E-state index in [0.717, 1.165) is 12.8 Å². The quantitative estimate of drug-likeness (QED) is 0.653. The number of amides is 1. The number of oxazole rings is 1. The lowest BCUT2D eigenvalue weighted by Crippen LogP contribution is -2.46. The van der Waals surface area contributed by atoms with Crippen molar-refractivity contribution in [2.24, 2.45) is 0 Å². The van der Waals surface area contributed by atoms with Crippen molar-refractivity contribution in [3.8, 4) is 5.75 Å². The summed E-state index contributed by atoms with van der Waals surface area (Å²) in [5.74, 6) is 0.0448. The minimum Gasteiger partial charge on any atom is -0.489 e. The third kappa shape index (κ3) is 4.81. The molecule has 1 atom stereocenters. The Morgan fingerprint density at radius 1 is 1.41 bits per heavy atom. The zero-order valence-electron chi connectivity index (χ0n) is 15.4. The number of carbonyl (C=O) groups is 2. The first-order valence-electron chi connectivity index (χ1n) is 8.67. The van der Waals surface area contributed by atoms with Crippen LogP contribution >= 0.6 is 0 Å². The molecule has 2 aromatic rings. The summed E-state index contributed by atoms with van der Waals surface area (Å²) >= 11 is 0. The highest BCUT2D eigenvalue weighted by Gasteiger charge is 2.29. The molecule has 0 radical (unpaired) electrons. The van der Waals surface area contributed by atoms with Crippen molar-refractivity contribution in [2.75, 3.05) is 12.3 Å². The number of aliphatic carboxylic acids is 1. The van der Waals surface area contributed by atoms with Crippen LogP contribution in [0.15, 0.2) is 16.5 Å². The molecule has 1 fully saturated rings. The molecule has 9 nitrogen and oxygen atoms in total. The Balaban J connectivity index is 1.68. The number of fused-ring (bicyclic) bond motifs is 1. The van der Waals surface area contributed by atoms with Gasteiger partial charge in [0.15, 0.2) is 17.5 Å². The molecule has 1 aromatic heterocycles. The normalized spacial score (nSPS) is 15.4. The standard InChI is InChI=1S/C18H23N3O6/c1-18(2,3)27-17(24)21-12(16(22)23)8-25-13-7-14-11(6-10(13)19)20-15(26-14)9-4-5-9/h6-7,9,12H,4-5,8,19H2,1-3H3,(H,21,24)(H,22,23)/t12-/m0/s1. The molecule has 1 saturated carbocycles. The molecule has 4 N–H and O–H groups in total. The van der Waals surface area contributed by atoms with Crippen LogP contribution in [0, 0.1) is 0 Å². The van der Waals surface area contributed by atoms with Crippen LogP contribution in [0.3, 0.4) is 0 Å². The van der Waals surface area contributed by atoms with Crippen LogP contribution in [0.2, 0.25) is 0 Å². The van der Waals surface area contributed by atoms with Crippen LogP contribution in [0.5, 0.6) is 5.75 Å². The number of nitrogens with zero attached hydrogens (tertiary/aromatic N) is 1. The summed E-state index contributed by atoms with van der Waals surface area (Å²) in [5, 5.41) is 11.6. The molecule has 1 aliphatic rings. The van der Waals surface area contributed by atoms with Crippen LogP contribution in [0.4, 0.5) is 10.5 Å². The van der Waals surface area contributed by atoms with Gasteiger partial charge in [-0.15, -0.1) is 0 Å². The molecular weight excluding hydrogens is 354 g/mol. The number of hydrogen-bond donors (Lipinski definition) is 3. The second-order valence-corrected chi connectivity index (χ2v) is 7.53. The van der Waals surface area contributed by atoms with Gasteiger partial charge < -0.3 is 30.0 Å². The van der Waals surface area contributed by atoms with E-state index in [4.69, 9.17) is 19.6 Å². The molecule has 146 valence electrons. The molecule has 1 amide bonds. The zero-order chi connectivity index (χ0) is 19.8. The number of ether oxygens (including phenoxy) is 2. The van der Waals surface area contributed by atoms with Gasteiger partial charge >= 0.3 is 12.1 Å². The van der Waals surface area contributed by atoms with Gasteiger partial charge in [0.2, 0.25) is 0 Å². The van der Waals surface area contributed by atoms with E-state index in [1.54, 1.807) is 32.9 Å². The van der Waals surface area contributed by atoms with E-state index < -0.39 is 23.7 Å². The van der Waals surface area contributed by atoms with Gasteiger partial charge in [-0.05, 0) is 39.7 Å². The number of carboxylic acids is 1. The minimum atomic E-state index is -1.30. The van der Waals surface area contributed by atoms with Crippen molar-refractivity contribution in [2.45, 2.75) is 51.2 Å². The molecule has 1 heterocycles. The summed E-state index contributed by atoms with van der Waals surface area (Å²) in [4.78, 5) is 27.6. The number of nitrogen functional groups attached to an aromatic ring is 1. The first-order chi connectivity index (χ1) is 12.6. The van der Waals surface area contributed by atoms with E-state index in [0.29, 0.717) is 28.6 Å². The number of benzene rings is 1. The predicted octanol–water partition coefficient (Wildman–Crippen LogP) is 2.64. The topological polar surface area (TPSA) is 137 Å². The van der Waals surface area contributed by atoms with Crippen molar-refractivity contribution >= 4 is 28.8 Å². The first kappa shape index (κ1) is 18.8. The van der Waals surface area contributed by atoms with Crippen molar-refractivity contribution < 1.29 is 28.6 Å². The third-order valence-electron chi connectivity index (χ3n) is 3.86. The number of rotatable bonds is 6. The van der Waals surface area contributed by atoms with Crippen LogP contribution < -0.4 is 15.8 Å². The molecule has 0 aliphatic heterocycles. The van der Waals surface area contributed by atoms with E-state index in [1.165, 1.54) is 0 Å². The largest absolute Gasteiger partial charge is 0.489 e. The average Bonchev–Trinajstić information content (AvgIpc) is 3.30. The lowest BCUT2D eigenvalue weighted by atomic mass is 10.2. The monoisotopic (exact) mass is 377 g/mol. The van der Waals surface area contributed by atoms with Gasteiger partial charge in [0, 0.05) is 12.0 Å². The van der Waals surface area contributed by atoms with Gasteiger partial charge in [-0.3, -0.25) is 0 Å². The van der Waals surface area contributed by atoms with E-state index in [1.807, 2.05) is 0 Å². The molecule has 9 heteroatoms. The fourth-order valence-corrected chi connectivity index (χ4v) is 2.42. The first-order valence-corrected chi connectivity index (χ1v) is 8.67. The summed E-state index contributed by atoms with van der Waals surface area (Å²) in [5.41, 5.74) is 6.68. The van der Waals surface area contributed by atoms with E-state index >= 15 is 0 Å². The molecule has 1 aliphatic carbocycles. The summed E-state index contributed by atoms with van der Waals surface area (Å²) in [6, 6.07) is 1.90. The van der Waals surface area contributed by atoms with Gasteiger partial charge in [-0.25, -0.2) is 14.6 Å². The van der Waals surface area contributed by atoms with Gasteiger partial charge in [0.1, 0.15) is 23.5 Å². The molecule has 0 spiro atoms. The van der Waals surface area contributed by atoms with E-state index in [-0.39, 0.29) is 12.4 Å². The SMILES string of the molecule is CC(C)(C)OC(=O)N[C@@H](COc1cc2oc(C3CC3)nc2cc1N)C(=O)O. The lowest BCUT2D eigenvalue weighted by Gasteiger charge is -2.22. The number of carbonyl (C=O) groups excluding carboxylic acids is 1. The number of hydrogen-bond acceptors (Lipinski definition) is 7. The van der Waals surface area contributed by atoms with Crippen LogP contribution in [-0.4, -0.2) is 40.4 Å². The molecule has 3 rings (SSSR count). The number of nitrogens with two attached hydrogens (primary N) is 1. The van der Waals surface area contributed by atoms with Crippen LogP contribution in [0.1, 0.15) is 45.4 Å². The number of alkyl carbamates (subject to hydrolysis) is 1. The van der Waals surface area contributed by atoms with Crippen molar-refractivity contribution in [3.05, 3.63) is 18.0 Å². The smallest absolute Gasteiger partial charge is 0.408 e. The Kier molecular flexibility index (Phi) is 4.86. The highest BCUT2D eigenvalue weighted by molar-refractivity contribution is 5.82. The molecule has 0 unspecified atom stereocenters. The second kappa shape index (κ2) is 6.98. The Bertz CT molecular complexity index is 866. The molecule has 27 heavy (non-hydrogen) atoms. The summed E-state index contributed by atoms with van der Waals surface area (Å²) in [7, 11) is 0. The number of anilines is 1. The molecule has 0 bridgehead atoms. The van der Waals surface area contributed by atoms with Gasteiger partial charge in [0.05, 0.1) is 5.69 Å². The highest BCUT2D eigenvalue weighted by Crippen LogP contribution is 2.41. The number of carboxylic acid groups (broad SMARTS) is 1. The maximum Gasteiger partial charge on any atom is 0.408 e. The second-order valence-electron chi connectivity index (χ2n) is 7.53. The van der Waals surface area contributed by atoms with Crippen LogP contribution in [0.25, 0.3) is 11.1 Å². The zero-order valence-corrected chi connectivity index (χ0v) is 15.4. The van der Waals surface area contributed by atoms with Crippen molar-refractivity contribution in [1.29, 1.82) is 0 Å². The van der Waals surface area contributed by atoms with Crippen molar-refractivity contribution in [1.82, 2.24) is 10.3 Å². The lowest BCUT2D eigenvalue weighted by molar-refractivity contribution is -0.140. The Hall–Kier alpha value is -2.97. The van der Waals surface area contributed by atoms with Crippen molar-refractivity contribution in [3.63, 3.8) is 0 Å². The highest BCUT2D eigenvalue weighted by atomic mass is 16.6. The van der Waals surface area contributed by atoms with Crippen LogP contribution in [-0.2, 0) is 9.53 Å². The van der Waals surface area contributed by atoms with Gasteiger partial charge in [-0.2, -0.15) is 0 Å². The Morgan fingerprint density at radius 2 is 2.11 bits per heavy atom. The average molecular weight is 377 g/mol. The Morgan fingerprint density at radius 3 is 2.70 bits per heavy atom. The van der Waals surface area contributed by atoms with E-state index in [2.05, 4.69) is 10.3 Å². The minimum absolute atomic E-state index is 0.262. The van der Waals surface area contributed by atoms with Gasteiger partial charge in [0.25, 0.3) is 0 Å². The maximum absolute atomic E-state index is 11.8. The fourth-order valence-electron chi connectivity index (χ4n) is 2.42. The summed E-state index contributed by atoms with van der Waals surface area (Å²) in [6.45, 7) is 4.72. The number of aromatic nitrogens is 1. The maximum atomic E-state index is 11.8. The molecular formula is C18H23N3O6. The predicted molar refractivity (Wildman–Crippen MR) is 96.7 cm³/mol. The summed E-state index contributed by atoms with van der Waals surface area (Å²) in [6.07, 6.45) is 1.27. The van der Waals surface area contributed by atoms with E-state index in [9.17, 15) is 14.7 Å². The molecule has 0 saturated heterocycles. The summed E-state index contributed by atoms with van der Waals surface area (Å²) < 4.78 is 16.3.